The molecule has 0 amide bonds. The van der Waals surface area contributed by atoms with Gasteiger partial charge in [0.1, 0.15) is 0 Å². The van der Waals surface area contributed by atoms with Gasteiger partial charge in [0.05, 0.1) is 5.75 Å². The van der Waals surface area contributed by atoms with Crippen molar-refractivity contribution in [2.75, 3.05) is 18.8 Å². The molecular weight excluding hydrogens is 268 g/mol. The van der Waals surface area contributed by atoms with Crippen LogP contribution < -0.4 is 10.0 Å². The average molecular weight is 290 g/mol. The Morgan fingerprint density at radius 3 is 2.61 bits per heavy atom. The van der Waals surface area contributed by atoms with E-state index in [1.165, 1.54) is 4.88 Å². The molecule has 1 atom stereocenters. The molecule has 0 saturated carbocycles. The van der Waals surface area contributed by atoms with E-state index in [-0.39, 0.29) is 11.8 Å². The molecule has 0 fully saturated rings. The van der Waals surface area contributed by atoms with Gasteiger partial charge in [0, 0.05) is 24.0 Å². The highest BCUT2D eigenvalue weighted by molar-refractivity contribution is 7.89. The van der Waals surface area contributed by atoms with Crippen molar-refractivity contribution < 1.29 is 8.42 Å². The molecule has 18 heavy (non-hydrogen) atoms. The highest BCUT2D eigenvalue weighted by Crippen LogP contribution is 2.25. The SMILES string of the molecule is CCNS(=O)(=O)CCNC(c1cccs1)C(C)C. The van der Waals surface area contributed by atoms with Crippen LogP contribution in [0.1, 0.15) is 31.7 Å². The van der Waals surface area contributed by atoms with E-state index < -0.39 is 10.0 Å². The topological polar surface area (TPSA) is 58.2 Å². The van der Waals surface area contributed by atoms with Crippen molar-refractivity contribution >= 4 is 21.4 Å². The zero-order chi connectivity index (χ0) is 13.6. The van der Waals surface area contributed by atoms with E-state index in [1.54, 1.807) is 18.3 Å². The summed E-state index contributed by atoms with van der Waals surface area (Å²) < 4.78 is 25.5. The number of hydrogen-bond acceptors (Lipinski definition) is 4. The molecule has 0 aliphatic carbocycles. The van der Waals surface area contributed by atoms with Gasteiger partial charge in [0.15, 0.2) is 0 Å². The van der Waals surface area contributed by atoms with Crippen LogP contribution in [-0.4, -0.2) is 27.3 Å². The van der Waals surface area contributed by atoms with E-state index in [9.17, 15) is 8.42 Å². The fraction of sp³-hybridized carbons (Fsp3) is 0.667. The molecule has 6 heteroatoms. The average Bonchev–Trinajstić information content (AvgIpc) is 2.76. The Balaban J connectivity index is 2.50. The largest absolute Gasteiger partial charge is 0.308 e. The summed E-state index contributed by atoms with van der Waals surface area (Å²) >= 11 is 1.70. The quantitative estimate of drug-likeness (QED) is 0.769. The van der Waals surface area contributed by atoms with E-state index in [0.29, 0.717) is 19.0 Å². The van der Waals surface area contributed by atoms with Gasteiger partial charge in [-0.15, -0.1) is 11.3 Å². The van der Waals surface area contributed by atoms with Gasteiger partial charge < -0.3 is 5.32 Å². The van der Waals surface area contributed by atoms with Crippen molar-refractivity contribution in [1.29, 1.82) is 0 Å². The Labute approximate surface area is 114 Å². The molecule has 1 aromatic heterocycles. The van der Waals surface area contributed by atoms with Crippen LogP contribution in [0.25, 0.3) is 0 Å². The summed E-state index contributed by atoms with van der Waals surface area (Å²) in [5.74, 6) is 0.556. The van der Waals surface area contributed by atoms with Crippen molar-refractivity contribution in [3.05, 3.63) is 22.4 Å². The van der Waals surface area contributed by atoms with E-state index in [0.717, 1.165) is 0 Å². The second kappa shape index (κ2) is 7.23. The number of sulfonamides is 1. The summed E-state index contributed by atoms with van der Waals surface area (Å²) in [6.45, 7) is 6.97. The lowest BCUT2D eigenvalue weighted by atomic mass is 10.0. The molecule has 0 aliphatic heterocycles. The third-order valence-electron chi connectivity index (χ3n) is 2.62. The Hall–Kier alpha value is -0.430. The minimum Gasteiger partial charge on any atom is -0.308 e. The molecule has 0 aromatic carbocycles. The highest BCUT2D eigenvalue weighted by Gasteiger charge is 2.17. The second-order valence-electron chi connectivity index (χ2n) is 4.51. The van der Waals surface area contributed by atoms with Crippen molar-refractivity contribution in [1.82, 2.24) is 10.0 Å². The summed E-state index contributed by atoms with van der Waals surface area (Å²) in [4.78, 5) is 1.26. The third-order valence-corrected chi connectivity index (χ3v) is 5.04. The Kier molecular flexibility index (Phi) is 6.28. The van der Waals surface area contributed by atoms with Crippen molar-refractivity contribution in [2.45, 2.75) is 26.8 Å². The number of thiophene rings is 1. The second-order valence-corrected chi connectivity index (χ2v) is 7.41. The van der Waals surface area contributed by atoms with Gasteiger partial charge in [-0.3, -0.25) is 0 Å². The lowest BCUT2D eigenvalue weighted by molar-refractivity contribution is 0.427. The lowest BCUT2D eigenvalue weighted by Crippen LogP contribution is -2.34. The molecular formula is C12H22N2O2S2. The van der Waals surface area contributed by atoms with Crippen LogP contribution in [0.5, 0.6) is 0 Å². The van der Waals surface area contributed by atoms with Gasteiger partial charge in [0.2, 0.25) is 10.0 Å². The van der Waals surface area contributed by atoms with Crippen LogP contribution in [0.4, 0.5) is 0 Å². The molecule has 0 bridgehead atoms. The van der Waals surface area contributed by atoms with Gasteiger partial charge in [-0.05, 0) is 17.4 Å². The lowest BCUT2D eigenvalue weighted by Gasteiger charge is -2.21. The highest BCUT2D eigenvalue weighted by atomic mass is 32.2. The first kappa shape index (κ1) is 15.6. The Morgan fingerprint density at radius 2 is 2.11 bits per heavy atom. The van der Waals surface area contributed by atoms with Gasteiger partial charge >= 0.3 is 0 Å². The summed E-state index contributed by atoms with van der Waals surface area (Å²) in [6, 6.07) is 4.33. The number of rotatable bonds is 8. The summed E-state index contributed by atoms with van der Waals surface area (Å²) in [5.41, 5.74) is 0. The fourth-order valence-electron chi connectivity index (χ4n) is 1.77. The molecule has 4 nitrogen and oxygen atoms in total. The zero-order valence-electron chi connectivity index (χ0n) is 11.1. The Morgan fingerprint density at radius 1 is 1.39 bits per heavy atom. The maximum Gasteiger partial charge on any atom is 0.212 e. The number of nitrogens with one attached hydrogen (secondary N) is 2. The smallest absolute Gasteiger partial charge is 0.212 e. The predicted octanol–water partition coefficient (Wildman–Crippen LogP) is 1.97. The van der Waals surface area contributed by atoms with Crippen LogP contribution >= 0.6 is 11.3 Å². The molecule has 1 heterocycles. The first-order chi connectivity index (χ1) is 8.46. The molecule has 104 valence electrons. The molecule has 0 aliphatic rings. The monoisotopic (exact) mass is 290 g/mol. The normalized spacial score (nSPS) is 14.0. The van der Waals surface area contributed by atoms with Gasteiger partial charge in [-0.1, -0.05) is 26.8 Å². The summed E-state index contributed by atoms with van der Waals surface area (Å²) in [5, 5.41) is 5.37. The molecule has 2 N–H and O–H groups in total. The molecule has 0 spiro atoms. The molecule has 1 unspecified atom stereocenters. The predicted molar refractivity (Wildman–Crippen MR) is 77.4 cm³/mol. The van der Waals surface area contributed by atoms with E-state index in [1.807, 2.05) is 11.4 Å². The van der Waals surface area contributed by atoms with E-state index >= 15 is 0 Å². The maximum atomic E-state index is 11.5. The molecule has 0 radical (unpaired) electrons. The minimum absolute atomic E-state index is 0.120. The van der Waals surface area contributed by atoms with Crippen molar-refractivity contribution in [3.8, 4) is 0 Å². The third kappa shape index (κ3) is 5.06. The number of hydrogen-bond donors (Lipinski definition) is 2. The van der Waals surface area contributed by atoms with Crippen LogP contribution in [0.3, 0.4) is 0 Å². The van der Waals surface area contributed by atoms with E-state index in [4.69, 9.17) is 0 Å². The van der Waals surface area contributed by atoms with Gasteiger partial charge in [0.25, 0.3) is 0 Å². The summed E-state index contributed by atoms with van der Waals surface area (Å²) in [6.07, 6.45) is 0. The van der Waals surface area contributed by atoms with Gasteiger partial charge in [-0.25, -0.2) is 13.1 Å². The van der Waals surface area contributed by atoms with Crippen molar-refractivity contribution in [2.24, 2.45) is 5.92 Å². The summed E-state index contributed by atoms with van der Waals surface area (Å²) in [7, 11) is -3.13. The van der Waals surface area contributed by atoms with E-state index in [2.05, 4.69) is 30.0 Å². The van der Waals surface area contributed by atoms with Crippen LogP contribution in [0.2, 0.25) is 0 Å². The molecule has 0 saturated heterocycles. The zero-order valence-corrected chi connectivity index (χ0v) is 12.8. The Bertz CT molecular complexity index is 427. The van der Waals surface area contributed by atoms with Crippen molar-refractivity contribution in [3.63, 3.8) is 0 Å². The molecule has 1 aromatic rings. The van der Waals surface area contributed by atoms with Gasteiger partial charge in [-0.2, -0.15) is 0 Å². The minimum atomic E-state index is -3.13. The first-order valence-electron chi connectivity index (χ1n) is 6.20. The molecule has 1 rings (SSSR count). The first-order valence-corrected chi connectivity index (χ1v) is 8.73. The maximum absolute atomic E-state index is 11.5. The van der Waals surface area contributed by atoms with Crippen LogP contribution in [0.15, 0.2) is 17.5 Å². The fourth-order valence-corrected chi connectivity index (χ4v) is 3.72. The van der Waals surface area contributed by atoms with Crippen LogP contribution in [-0.2, 0) is 10.0 Å². The standard InChI is InChI=1S/C12H22N2O2S2/c1-4-14-18(15,16)9-7-13-12(10(2)3)11-6-5-8-17-11/h5-6,8,10,12-14H,4,7,9H2,1-3H3. The van der Waals surface area contributed by atoms with Crippen LogP contribution in [0, 0.1) is 5.92 Å².